The number of carbonyl (C=O) groups is 2. The third-order valence-electron chi connectivity index (χ3n) is 1.67. The molecule has 0 fully saturated rings. The summed E-state index contributed by atoms with van der Waals surface area (Å²) < 4.78 is 9.85. The van der Waals surface area contributed by atoms with Gasteiger partial charge in [-0.3, -0.25) is 9.59 Å². The Hall–Kier alpha value is -1.06. The average Bonchev–Trinajstić information content (AvgIpc) is 2.19. The summed E-state index contributed by atoms with van der Waals surface area (Å²) in [6.45, 7) is 8.65. The first-order valence-corrected chi connectivity index (χ1v) is 5.66. The van der Waals surface area contributed by atoms with Gasteiger partial charge in [0.15, 0.2) is 0 Å². The highest BCUT2D eigenvalue weighted by molar-refractivity contribution is 5.77. The van der Waals surface area contributed by atoms with Crippen molar-refractivity contribution in [1.29, 1.82) is 0 Å². The van der Waals surface area contributed by atoms with Crippen molar-refractivity contribution in [3.63, 3.8) is 0 Å². The maximum Gasteiger partial charge on any atom is 0.306 e. The van der Waals surface area contributed by atoms with Crippen LogP contribution in [-0.2, 0) is 19.1 Å². The number of hydrogen-bond donors (Lipinski definition) is 0. The van der Waals surface area contributed by atoms with Crippen molar-refractivity contribution >= 4 is 11.9 Å². The van der Waals surface area contributed by atoms with Crippen molar-refractivity contribution in [3.05, 3.63) is 0 Å². The second kappa shape index (κ2) is 7.25. The molecule has 0 radical (unpaired) electrons. The molecule has 0 amide bonds. The Balaban J connectivity index is 3.61. The Kier molecular flexibility index (Phi) is 6.77. The lowest BCUT2D eigenvalue weighted by Gasteiger charge is -2.17. The number of esters is 2. The fourth-order valence-electron chi connectivity index (χ4n) is 0.861. The van der Waals surface area contributed by atoms with E-state index in [1.54, 1.807) is 0 Å². The Bertz CT molecular complexity index is 228. The summed E-state index contributed by atoms with van der Waals surface area (Å²) in [6.07, 6.45) is 0.988. The summed E-state index contributed by atoms with van der Waals surface area (Å²) in [6, 6.07) is 0. The van der Waals surface area contributed by atoms with Crippen LogP contribution in [0.2, 0.25) is 0 Å². The topological polar surface area (TPSA) is 52.6 Å². The highest BCUT2D eigenvalue weighted by Gasteiger charge is 2.14. The smallest absolute Gasteiger partial charge is 0.306 e. The first-order valence-electron chi connectivity index (χ1n) is 5.66. The van der Waals surface area contributed by atoms with Crippen LogP contribution in [0, 0.1) is 5.41 Å². The van der Waals surface area contributed by atoms with E-state index in [-0.39, 0.29) is 30.2 Å². The molecule has 0 heterocycles. The highest BCUT2D eigenvalue weighted by Crippen LogP contribution is 2.13. The molecule has 0 saturated carbocycles. The molecule has 0 spiro atoms. The van der Waals surface area contributed by atoms with E-state index in [9.17, 15) is 9.59 Å². The van der Waals surface area contributed by atoms with Crippen LogP contribution in [0.25, 0.3) is 0 Å². The standard InChI is InChI=1S/C12H22O4/c1-5-8-15-10(13)6-7-11(14)16-9-12(2,3)4/h5-9H2,1-4H3. The summed E-state index contributed by atoms with van der Waals surface area (Å²) in [5.41, 5.74) is -0.0433. The zero-order valence-electron chi connectivity index (χ0n) is 10.7. The molecule has 0 unspecified atom stereocenters. The quantitative estimate of drug-likeness (QED) is 0.657. The van der Waals surface area contributed by atoms with Gasteiger partial charge in [0.2, 0.25) is 0 Å². The summed E-state index contributed by atoms with van der Waals surface area (Å²) >= 11 is 0. The van der Waals surface area contributed by atoms with Gasteiger partial charge in [0, 0.05) is 0 Å². The fourth-order valence-corrected chi connectivity index (χ4v) is 0.861. The van der Waals surface area contributed by atoms with E-state index in [1.165, 1.54) is 0 Å². The normalized spacial score (nSPS) is 11.0. The van der Waals surface area contributed by atoms with Gasteiger partial charge in [-0.2, -0.15) is 0 Å². The van der Waals surface area contributed by atoms with Gasteiger partial charge < -0.3 is 9.47 Å². The van der Waals surface area contributed by atoms with Crippen LogP contribution < -0.4 is 0 Å². The van der Waals surface area contributed by atoms with E-state index in [1.807, 2.05) is 27.7 Å². The molecule has 0 atom stereocenters. The third-order valence-corrected chi connectivity index (χ3v) is 1.67. The molecule has 0 saturated heterocycles. The molecule has 4 nitrogen and oxygen atoms in total. The number of hydrogen-bond acceptors (Lipinski definition) is 4. The fraction of sp³-hybridized carbons (Fsp3) is 0.833. The predicted molar refractivity (Wildman–Crippen MR) is 60.9 cm³/mol. The van der Waals surface area contributed by atoms with Gasteiger partial charge in [-0.1, -0.05) is 27.7 Å². The van der Waals surface area contributed by atoms with Crippen molar-refractivity contribution in [1.82, 2.24) is 0 Å². The van der Waals surface area contributed by atoms with Crippen LogP contribution >= 0.6 is 0 Å². The van der Waals surface area contributed by atoms with Gasteiger partial charge in [-0.25, -0.2) is 0 Å². The van der Waals surface area contributed by atoms with E-state index in [2.05, 4.69) is 0 Å². The molecular formula is C12H22O4. The first-order chi connectivity index (χ1) is 7.35. The molecule has 0 aliphatic heterocycles. The van der Waals surface area contributed by atoms with Crippen LogP contribution in [0.3, 0.4) is 0 Å². The van der Waals surface area contributed by atoms with Gasteiger partial charge >= 0.3 is 11.9 Å². The maximum atomic E-state index is 11.2. The second-order valence-electron chi connectivity index (χ2n) is 4.94. The highest BCUT2D eigenvalue weighted by atomic mass is 16.5. The Morgan fingerprint density at radius 2 is 1.50 bits per heavy atom. The van der Waals surface area contributed by atoms with E-state index < -0.39 is 0 Å². The average molecular weight is 230 g/mol. The lowest BCUT2D eigenvalue weighted by atomic mass is 9.99. The lowest BCUT2D eigenvalue weighted by molar-refractivity contribution is -0.151. The molecule has 16 heavy (non-hydrogen) atoms. The number of ether oxygens (including phenoxy) is 2. The maximum absolute atomic E-state index is 11.2. The Morgan fingerprint density at radius 3 is 1.94 bits per heavy atom. The molecule has 94 valence electrons. The SMILES string of the molecule is CCCOC(=O)CCC(=O)OCC(C)(C)C. The van der Waals surface area contributed by atoms with Gasteiger partial charge in [-0.05, 0) is 11.8 Å². The molecule has 0 bridgehead atoms. The van der Waals surface area contributed by atoms with E-state index in [4.69, 9.17) is 9.47 Å². The van der Waals surface area contributed by atoms with Gasteiger partial charge in [0.05, 0.1) is 26.1 Å². The van der Waals surface area contributed by atoms with Crippen LogP contribution in [0.5, 0.6) is 0 Å². The van der Waals surface area contributed by atoms with Gasteiger partial charge in [-0.15, -0.1) is 0 Å². The van der Waals surface area contributed by atoms with E-state index in [0.29, 0.717) is 13.2 Å². The van der Waals surface area contributed by atoms with E-state index in [0.717, 1.165) is 6.42 Å². The summed E-state index contributed by atoms with van der Waals surface area (Å²) in [5.74, 6) is -0.682. The van der Waals surface area contributed by atoms with Crippen LogP contribution in [0.4, 0.5) is 0 Å². The summed E-state index contributed by atoms with van der Waals surface area (Å²) in [4.78, 5) is 22.3. The Morgan fingerprint density at radius 1 is 1.00 bits per heavy atom. The van der Waals surface area contributed by atoms with E-state index >= 15 is 0 Å². The van der Waals surface area contributed by atoms with Crippen molar-refractivity contribution in [2.45, 2.75) is 47.0 Å². The number of carbonyl (C=O) groups excluding carboxylic acids is 2. The molecule has 0 aliphatic rings. The lowest BCUT2D eigenvalue weighted by Crippen LogP contribution is -2.19. The molecule has 0 aromatic heterocycles. The summed E-state index contributed by atoms with van der Waals surface area (Å²) in [7, 11) is 0. The van der Waals surface area contributed by atoms with Gasteiger partial charge in [0.25, 0.3) is 0 Å². The van der Waals surface area contributed by atoms with Gasteiger partial charge in [0.1, 0.15) is 0 Å². The van der Waals surface area contributed by atoms with Crippen LogP contribution in [-0.4, -0.2) is 25.2 Å². The minimum Gasteiger partial charge on any atom is -0.466 e. The molecule has 4 heteroatoms. The molecule has 0 aliphatic carbocycles. The van der Waals surface area contributed by atoms with Crippen molar-refractivity contribution in [3.8, 4) is 0 Å². The minimum atomic E-state index is -0.344. The predicted octanol–water partition coefficient (Wildman–Crippen LogP) is 2.31. The zero-order valence-corrected chi connectivity index (χ0v) is 10.7. The molecule has 0 N–H and O–H groups in total. The van der Waals surface area contributed by atoms with Crippen LogP contribution in [0.15, 0.2) is 0 Å². The largest absolute Gasteiger partial charge is 0.466 e. The molecule has 0 aromatic rings. The van der Waals surface area contributed by atoms with Crippen molar-refractivity contribution in [2.75, 3.05) is 13.2 Å². The molecule has 0 rings (SSSR count). The zero-order chi connectivity index (χ0) is 12.6. The third kappa shape index (κ3) is 9.49. The monoisotopic (exact) mass is 230 g/mol. The Labute approximate surface area is 97.3 Å². The summed E-state index contributed by atoms with van der Waals surface area (Å²) in [5, 5.41) is 0. The molecular weight excluding hydrogens is 208 g/mol. The minimum absolute atomic E-state index is 0.0433. The van der Waals surface area contributed by atoms with Crippen LogP contribution in [0.1, 0.15) is 47.0 Å². The number of rotatable bonds is 6. The van der Waals surface area contributed by atoms with Crippen molar-refractivity contribution in [2.24, 2.45) is 5.41 Å². The first kappa shape index (κ1) is 14.9. The molecule has 0 aromatic carbocycles. The van der Waals surface area contributed by atoms with Crippen molar-refractivity contribution < 1.29 is 19.1 Å². The second-order valence-corrected chi connectivity index (χ2v) is 4.94.